The van der Waals surface area contributed by atoms with E-state index in [1.54, 1.807) is 11.8 Å². The maximum absolute atomic E-state index is 13.3. The number of para-hydroxylation sites is 2. The van der Waals surface area contributed by atoms with E-state index in [1.807, 2.05) is 77.8 Å². The highest BCUT2D eigenvalue weighted by Crippen LogP contribution is 2.25. The molecule has 4 aromatic rings. The highest BCUT2D eigenvalue weighted by Gasteiger charge is 2.24. The van der Waals surface area contributed by atoms with Crippen LogP contribution < -0.4 is 4.90 Å². The Kier molecular flexibility index (Phi) is 5.58. The molecule has 1 aliphatic rings. The zero-order valence-corrected chi connectivity index (χ0v) is 17.9. The van der Waals surface area contributed by atoms with Crippen LogP contribution in [-0.4, -0.2) is 51.9 Å². The molecule has 2 aromatic carbocycles. The van der Waals surface area contributed by atoms with Gasteiger partial charge in [-0.2, -0.15) is 0 Å². The molecule has 1 N–H and O–H groups in total. The minimum Gasteiger partial charge on any atom is -0.353 e. The number of anilines is 1. The Morgan fingerprint density at radius 2 is 1.71 bits per heavy atom. The van der Waals surface area contributed by atoms with Crippen molar-refractivity contribution in [3.63, 3.8) is 0 Å². The lowest BCUT2D eigenvalue weighted by atomic mass is 10.1. The van der Waals surface area contributed by atoms with Crippen LogP contribution in [0.3, 0.4) is 0 Å². The highest BCUT2D eigenvalue weighted by atomic mass is 32.2. The monoisotopic (exact) mass is 429 g/mol. The lowest BCUT2D eigenvalue weighted by Gasteiger charge is -2.35. The van der Waals surface area contributed by atoms with Crippen LogP contribution in [0.2, 0.25) is 0 Å². The van der Waals surface area contributed by atoms with Crippen LogP contribution in [0.1, 0.15) is 15.9 Å². The molecule has 1 fully saturated rings. The van der Waals surface area contributed by atoms with E-state index >= 15 is 0 Å². The molecule has 7 heteroatoms. The van der Waals surface area contributed by atoms with Crippen LogP contribution in [-0.2, 0) is 5.75 Å². The first-order chi connectivity index (χ1) is 15.3. The first-order valence-electron chi connectivity index (χ1n) is 10.4. The number of nitrogens with one attached hydrogen (secondary N) is 1. The normalized spacial score (nSPS) is 14.2. The van der Waals surface area contributed by atoms with Gasteiger partial charge in [-0.15, -0.1) is 0 Å². The summed E-state index contributed by atoms with van der Waals surface area (Å²) in [5.74, 6) is 1.76. The number of thioether (sulfide) groups is 1. The van der Waals surface area contributed by atoms with Crippen molar-refractivity contribution in [3.05, 3.63) is 84.1 Å². The third kappa shape index (κ3) is 4.27. The lowest BCUT2D eigenvalue weighted by molar-refractivity contribution is 0.0745. The number of piperazine rings is 1. The molecular formula is C24H23N5OS. The maximum atomic E-state index is 13.3. The van der Waals surface area contributed by atoms with Crippen LogP contribution in [0.15, 0.2) is 78.1 Å². The summed E-state index contributed by atoms with van der Waals surface area (Å²) in [6.07, 6.45) is 1.81. The van der Waals surface area contributed by atoms with Gasteiger partial charge in [0.1, 0.15) is 5.82 Å². The summed E-state index contributed by atoms with van der Waals surface area (Å²) in [6.45, 7) is 2.97. The van der Waals surface area contributed by atoms with Crippen LogP contribution >= 0.6 is 11.8 Å². The number of benzene rings is 2. The summed E-state index contributed by atoms with van der Waals surface area (Å²) in [4.78, 5) is 29.9. The van der Waals surface area contributed by atoms with E-state index in [9.17, 15) is 4.79 Å². The van der Waals surface area contributed by atoms with Crippen molar-refractivity contribution in [1.29, 1.82) is 0 Å². The Morgan fingerprint density at radius 3 is 2.52 bits per heavy atom. The molecule has 0 unspecified atom stereocenters. The molecular weight excluding hydrogens is 406 g/mol. The Morgan fingerprint density at radius 1 is 0.935 bits per heavy atom. The number of hydrogen-bond donors (Lipinski definition) is 1. The SMILES string of the molecule is O=C(c1ccccc1CSc1nc2ccccc2[nH]1)N1CCN(c2ccccn2)CC1. The largest absolute Gasteiger partial charge is 0.353 e. The van der Waals surface area contributed by atoms with Gasteiger partial charge in [-0.25, -0.2) is 9.97 Å². The highest BCUT2D eigenvalue weighted by molar-refractivity contribution is 7.98. The van der Waals surface area contributed by atoms with Crippen LogP contribution in [0.25, 0.3) is 11.0 Å². The number of amides is 1. The van der Waals surface area contributed by atoms with Crippen molar-refractivity contribution in [3.8, 4) is 0 Å². The molecule has 1 amide bonds. The van der Waals surface area contributed by atoms with Crippen LogP contribution in [0, 0.1) is 0 Å². The maximum Gasteiger partial charge on any atom is 0.254 e. The number of carbonyl (C=O) groups is 1. The second kappa shape index (κ2) is 8.81. The smallest absolute Gasteiger partial charge is 0.254 e. The average Bonchev–Trinajstić information content (AvgIpc) is 3.26. The van der Waals surface area contributed by atoms with Gasteiger partial charge in [0.25, 0.3) is 5.91 Å². The third-order valence-corrected chi connectivity index (χ3v) is 6.44. The lowest BCUT2D eigenvalue weighted by Crippen LogP contribution is -2.49. The number of aromatic amines is 1. The number of pyridine rings is 1. The van der Waals surface area contributed by atoms with E-state index in [0.717, 1.165) is 46.2 Å². The molecule has 1 saturated heterocycles. The van der Waals surface area contributed by atoms with Gasteiger partial charge >= 0.3 is 0 Å². The van der Waals surface area contributed by atoms with Crippen LogP contribution in [0.5, 0.6) is 0 Å². The number of carbonyl (C=O) groups excluding carboxylic acids is 1. The van der Waals surface area contributed by atoms with Gasteiger partial charge < -0.3 is 14.8 Å². The number of fused-ring (bicyclic) bond motifs is 1. The van der Waals surface area contributed by atoms with Gasteiger partial charge in [-0.1, -0.05) is 48.2 Å². The van der Waals surface area contributed by atoms with Crippen molar-refractivity contribution in [2.75, 3.05) is 31.1 Å². The predicted octanol–water partition coefficient (Wildman–Crippen LogP) is 4.21. The number of rotatable bonds is 5. The fraction of sp³-hybridized carbons (Fsp3) is 0.208. The topological polar surface area (TPSA) is 65.1 Å². The molecule has 31 heavy (non-hydrogen) atoms. The van der Waals surface area contributed by atoms with Gasteiger partial charge in [0, 0.05) is 43.7 Å². The molecule has 2 aromatic heterocycles. The van der Waals surface area contributed by atoms with Crippen molar-refractivity contribution in [1.82, 2.24) is 19.9 Å². The third-order valence-electron chi connectivity index (χ3n) is 5.52. The molecule has 0 saturated carbocycles. The van der Waals surface area contributed by atoms with Crippen LogP contribution in [0.4, 0.5) is 5.82 Å². The van der Waals surface area contributed by atoms with E-state index in [2.05, 4.69) is 19.9 Å². The summed E-state index contributed by atoms with van der Waals surface area (Å²) >= 11 is 1.62. The zero-order valence-electron chi connectivity index (χ0n) is 17.1. The van der Waals surface area contributed by atoms with Gasteiger partial charge in [-0.3, -0.25) is 4.79 Å². The standard InChI is InChI=1S/C24H23N5OS/c30-23(29-15-13-28(14-16-29)22-11-5-6-12-25-22)19-8-2-1-7-18(19)17-31-24-26-20-9-3-4-10-21(20)27-24/h1-12H,13-17H2,(H,26,27). The minimum atomic E-state index is 0.0986. The average molecular weight is 430 g/mol. The zero-order chi connectivity index (χ0) is 21.0. The summed E-state index contributed by atoms with van der Waals surface area (Å²) in [5.41, 5.74) is 3.79. The number of hydrogen-bond acceptors (Lipinski definition) is 5. The predicted molar refractivity (Wildman–Crippen MR) is 124 cm³/mol. The first kappa shape index (κ1) is 19.6. The Labute approximate surface area is 185 Å². The van der Waals surface area contributed by atoms with Crippen molar-refractivity contribution < 1.29 is 4.79 Å². The summed E-state index contributed by atoms with van der Waals surface area (Å²) < 4.78 is 0. The molecule has 0 atom stereocenters. The Balaban J connectivity index is 1.26. The minimum absolute atomic E-state index is 0.0986. The quantitative estimate of drug-likeness (QED) is 0.482. The number of nitrogens with zero attached hydrogens (tertiary/aromatic N) is 4. The molecule has 156 valence electrons. The molecule has 5 rings (SSSR count). The summed E-state index contributed by atoms with van der Waals surface area (Å²) in [7, 11) is 0. The van der Waals surface area contributed by atoms with E-state index in [0.29, 0.717) is 18.8 Å². The second-order valence-electron chi connectivity index (χ2n) is 7.47. The number of imidazole rings is 1. The summed E-state index contributed by atoms with van der Waals surface area (Å²) in [6, 6.07) is 21.8. The van der Waals surface area contributed by atoms with E-state index in [-0.39, 0.29) is 5.91 Å². The van der Waals surface area contributed by atoms with E-state index in [1.165, 1.54) is 0 Å². The molecule has 6 nitrogen and oxygen atoms in total. The van der Waals surface area contributed by atoms with Crippen molar-refractivity contribution >= 4 is 34.5 Å². The molecule has 0 aliphatic carbocycles. The van der Waals surface area contributed by atoms with E-state index in [4.69, 9.17) is 0 Å². The Hall–Kier alpha value is -3.32. The molecule has 0 spiro atoms. The number of H-pyrrole nitrogens is 1. The molecule has 3 heterocycles. The molecule has 1 aliphatic heterocycles. The summed E-state index contributed by atoms with van der Waals surface area (Å²) in [5, 5.41) is 0.868. The van der Waals surface area contributed by atoms with Crippen molar-refractivity contribution in [2.24, 2.45) is 0 Å². The van der Waals surface area contributed by atoms with Gasteiger partial charge in [0.2, 0.25) is 0 Å². The fourth-order valence-corrected chi connectivity index (χ4v) is 4.74. The van der Waals surface area contributed by atoms with E-state index < -0.39 is 0 Å². The van der Waals surface area contributed by atoms with Gasteiger partial charge in [-0.05, 0) is 35.9 Å². The Bertz CT molecular complexity index is 1150. The van der Waals surface area contributed by atoms with Gasteiger partial charge in [0.15, 0.2) is 5.16 Å². The molecule has 0 bridgehead atoms. The molecule has 0 radical (unpaired) electrons. The first-order valence-corrected chi connectivity index (χ1v) is 11.4. The fourth-order valence-electron chi connectivity index (χ4n) is 3.85. The number of aromatic nitrogens is 3. The van der Waals surface area contributed by atoms with Gasteiger partial charge in [0.05, 0.1) is 11.0 Å². The second-order valence-corrected chi connectivity index (χ2v) is 8.44. The van der Waals surface area contributed by atoms with Crippen molar-refractivity contribution in [2.45, 2.75) is 10.9 Å².